The quantitative estimate of drug-likeness (QED) is 0.784. The fourth-order valence-corrected chi connectivity index (χ4v) is 4.58. The van der Waals surface area contributed by atoms with E-state index in [1.807, 2.05) is 29.2 Å². The van der Waals surface area contributed by atoms with Gasteiger partial charge >= 0.3 is 0 Å². The molecule has 2 fully saturated rings. The van der Waals surface area contributed by atoms with Crippen LogP contribution in [0.4, 0.5) is 5.69 Å². The lowest BCUT2D eigenvalue weighted by Gasteiger charge is -2.30. The number of hydrogen-bond acceptors (Lipinski definition) is 5. The zero-order valence-corrected chi connectivity index (χ0v) is 15.7. The van der Waals surface area contributed by atoms with Crippen molar-refractivity contribution in [3.8, 4) is 5.75 Å². The molecule has 0 spiro atoms. The Labute approximate surface area is 162 Å². The SMILES string of the molecule is O=C1/C(=C/c2cccc(O)c2)SC(=Nc2cccnc2)N1C1CCCCC1. The predicted molar refractivity (Wildman–Crippen MR) is 109 cm³/mol. The van der Waals surface area contributed by atoms with Crippen LogP contribution < -0.4 is 0 Å². The molecule has 0 radical (unpaired) electrons. The first-order valence-corrected chi connectivity index (χ1v) is 10.0. The summed E-state index contributed by atoms with van der Waals surface area (Å²) >= 11 is 1.39. The molecule has 4 rings (SSSR count). The Bertz CT molecular complexity index is 889. The first kappa shape index (κ1) is 17.8. The molecule has 1 saturated heterocycles. The van der Waals surface area contributed by atoms with Crippen LogP contribution in [0.1, 0.15) is 37.7 Å². The molecule has 6 heteroatoms. The molecule has 1 aromatic heterocycles. The summed E-state index contributed by atoms with van der Waals surface area (Å²) in [4.78, 5) is 24.5. The monoisotopic (exact) mass is 379 g/mol. The van der Waals surface area contributed by atoms with E-state index in [-0.39, 0.29) is 17.7 Å². The van der Waals surface area contributed by atoms with E-state index in [2.05, 4.69) is 4.98 Å². The summed E-state index contributed by atoms with van der Waals surface area (Å²) in [6.45, 7) is 0. The van der Waals surface area contributed by atoms with Gasteiger partial charge in [0.2, 0.25) is 0 Å². The second-order valence-electron chi connectivity index (χ2n) is 6.78. The normalized spacial score (nSPS) is 21.3. The molecule has 1 saturated carbocycles. The van der Waals surface area contributed by atoms with Crippen molar-refractivity contribution in [3.05, 3.63) is 59.3 Å². The third kappa shape index (κ3) is 4.06. The summed E-state index contributed by atoms with van der Waals surface area (Å²) in [6, 6.07) is 10.9. The van der Waals surface area contributed by atoms with Gasteiger partial charge in [0.15, 0.2) is 5.17 Å². The minimum absolute atomic E-state index is 0.00196. The van der Waals surface area contributed by atoms with Crippen molar-refractivity contribution in [1.29, 1.82) is 0 Å². The number of nitrogens with zero attached hydrogens (tertiary/aromatic N) is 3. The van der Waals surface area contributed by atoms with Crippen molar-refractivity contribution in [3.63, 3.8) is 0 Å². The molecule has 1 aromatic carbocycles. The van der Waals surface area contributed by atoms with Crippen LogP contribution >= 0.6 is 11.8 Å². The number of hydrogen-bond donors (Lipinski definition) is 1. The highest BCUT2D eigenvalue weighted by Gasteiger charge is 2.38. The van der Waals surface area contributed by atoms with Gasteiger partial charge in [0.25, 0.3) is 5.91 Å². The van der Waals surface area contributed by atoms with Gasteiger partial charge in [-0.2, -0.15) is 0 Å². The van der Waals surface area contributed by atoms with E-state index in [0.29, 0.717) is 10.1 Å². The molecular formula is C21H21N3O2S. The molecule has 27 heavy (non-hydrogen) atoms. The van der Waals surface area contributed by atoms with Crippen LogP contribution in [0.2, 0.25) is 0 Å². The lowest BCUT2D eigenvalue weighted by molar-refractivity contribution is -0.124. The van der Waals surface area contributed by atoms with Gasteiger partial charge in [-0.05, 0) is 60.5 Å². The summed E-state index contributed by atoms with van der Waals surface area (Å²) in [5.74, 6) is 0.186. The molecule has 1 N–H and O–H groups in total. The van der Waals surface area contributed by atoms with Crippen LogP contribution in [0, 0.1) is 0 Å². The lowest BCUT2D eigenvalue weighted by atomic mass is 9.94. The van der Waals surface area contributed by atoms with E-state index in [9.17, 15) is 9.90 Å². The summed E-state index contributed by atoms with van der Waals surface area (Å²) in [6.07, 6.45) is 10.8. The number of aromatic nitrogens is 1. The summed E-state index contributed by atoms with van der Waals surface area (Å²) in [7, 11) is 0. The average molecular weight is 379 g/mol. The Kier molecular flexibility index (Phi) is 5.25. The Morgan fingerprint density at radius 2 is 2.04 bits per heavy atom. The minimum atomic E-state index is -0.00196. The van der Waals surface area contributed by atoms with Gasteiger partial charge < -0.3 is 5.11 Å². The van der Waals surface area contributed by atoms with Crippen LogP contribution in [0.15, 0.2) is 58.7 Å². The van der Waals surface area contributed by atoms with Crippen LogP contribution in [-0.2, 0) is 4.79 Å². The molecule has 0 atom stereocenters. The van der Waals surface area contributed by atoms with Crippen LogP contribution in [-0.4, -0.2) is 32.1 Å². The number of phenolic OH excluding ortho intramolecular Hbond substituents is 1. The van der Waals surface area contributed by atoms with E-state index >= 15 is 0 Å². The zero-order valence-electron chi connectivity index (χ0n) is 14.9. The standard InChI is InChI=1S/C21H21N3O2S/c25-18-10-4-6-15(12-18)13-19-20(26)24(17-8-2-1-3-9-17)21(27-19)23-16-7-5-11-22-14-16/h4-7,10-14,17,25H,1-3,8-9H2/b19-13-,23-21?. The summed E-state index contributed by atoms with van der Waals surface area (Å²) in [5, 5.41) is 10.4. The van der Waals surface area contributed by atoms with Gasteiger partial charge in [-0.25, -0.2) is 4.99 Å². The van der Waals surface area contributed by atoms with Crippen LogP contribution in [0.5, 0.6) is 5.75 Å². The first-order chi connectivity index (χ1) is 13.2. The molecular weight excluding hydrogens is 358 g/mol. The number of aromatic hydroxyl groups is 1. The van der Waals surface area contributed by atoms with Crippen molar-refractivity contribution in [1.82, 2.24) is 9.88 Å². The molecule has 1 aliphatic carbocycles. The second kappa shape index (κ2) is 7.96. The minimum Gasteiger partial charge on any atom is -0.508 e. The van der Waals surface area contributed by atoms with E-state index in [1.54, 1.807) is 30.6 Å². The third-order valence-corrected chi connectivity index (χ3v) is 5.80. The van der Waals surface area contributed by atoms with Crippen molar-refractivity contribution < 1.29 is 9.90 Å². The van der Waals surface area contributed by atoms with E-state index in [0.717, 1.165) is 36.9 Å². The zero-order chi connectivity index (χ0) is 18.6. The van der Waals surface area contributed by atoms with E-state index in [4.69, 9.17) is 4.99 Å². The maximum absolute atomic E-state index is 13.2. The predicted octanol–water partition coefficient (Wildman–Crippen LogP) is 4.72. The number of carbonyl (C=O) groups excluding carboxylic acids is 1. The molecule has 2 aromatic rings. The van der Waals surface area contributed by atoms with Gasteiger partial charge in [0.05, 0.1) is 16.8 Å². The number of benzene rings is 1. The number of phenols is 1. The molecule has 1 amide bonds. The Morgan fingerprint density at radius 1 is 1.19 bits per heavy atom. The largest absolute Gasteiger partial charge is 0.508 e. The maximum atomic E-state index is 13.2. The topological polar surface area (TPSA) is 65.8 Å². The van der Waals surface area contributed by atoms with Gasteiger partial charge in [0, 0.05) is 12.2 Å². The molecule has 2 aliphatic rings. The maximum Gasteiger partial charge on any atom is 0.267 e. The first-order valence-electron chi connectivity index (χ1n) is 9.21. The molecule has 0 bridgehead atoms. The Hall–Kier alpha value is -2.60. The summed E-state index contributed by atoms with van der Waals surface area (Å²) < 4.78 is 0. The van der Waals surface area contributed by atoms with E-state index in [1.165, 1.54) is 18.2 Å². The summed E-state index contributed by atoms with van der Waals surface area (Å²) in [5.41, 5.74) is 1.55. The van der Waals surface area contributed by atoms with Crippen molar-refractivity contribution in [2.45, 2.75) is 38.1 Å². The number of amides is 1. The Morgan fingerprint density at radius 3 is 2.78 bits per heavy atom. The van der Waals surface area contributed by atoms with Crippen LogP contribution in [0.25, 0.3) is 6.08 Å². The average Bonchev–Trinajstić information content (AvgIpc) is 2.98. The highest BCUT2D eigenvalue weighted by atomic mass is 32.2. The van der Waals surface area contributed by atoms with Gasteiger partial charge in [-0.15, -0.1) is 0 Å². The fourth-order valence-electron chi connectivity index (χ4n) is 3.52. The van der Waals surface area contributed by atoms with Gasteiger partial charge in [0.1, 0.15) is 5.75 Å². The molecule has 0 unspecified atom stereocenters. The lowest BCUT2D eigenvalue weighted by Crippen LogP contribution is -2.40. The molecule has 5 nitrogen and oxygen atoms in total. The highest BCUT2D eigenvalue weighted by Crippen LogP contribution is 2.38. The van der Waals surface area contributed by atoms with Crippen molar-refractivity contribution >= 4 is 34.6 Å². The number of rotatable bonds is 3. The third-order valence-electron chi connectivity index (χ3n) is 4.82. The molecule has 138 valence electrons. The van der Waals surface area contributed by atoms with Crippen LogP contribution in [0.3, 0.4) is 0 Å². The fraction of sp³-hybridized carbons (Fsp3) is 0.286. The molecule has 1 aliphatic heterocycles. The smallest absolute Gasteiger partial charge is 0.267 e. The van der Waals surface area contributed by atoms with Crippen molar-refractivity contribution in [2.75, 3.05) is 0 Å². The van der Waals surface area contributed by atoms with Gasteiger partial charge in [-0.3, -0.25) is 14.7 Å². The van der Waals surface area contributed by atoms with Gasteiger partial charge in [-0.1, -0.05) is 31.4 Å². The number of carbonyl (C=O) groups is 1. The number of aliphatic imine (C=N–C) groups is 1. The van der Waals surface area contributed by atoms with E-state index < -0.39 is 0 Å². The second-order valence-corrected chi connectivity index (χ2v) is 7.79. The number of amidine groups is 1. The van der Waals surface area contributed by atoms with Crippen molar-refractivity contribution in [2.24, 2.45) is 4.99 Å². The number of pyridine rings is 1. The molecule has 2 heterocycles. The number of thioether (sulfide) groups is 1. The highest BCUT2D eigenvalue weighted by molar-refractivity contribution is 8.18. The Balaban J connectivity index is 1.69.